The van der Waals surface area contributed by atoms with Gasteiger partial charge in [-0.3, -0.25) is 4.98 Å². The molecular formula is C8H13N3. The van der Waals surface area contributed by atoms with Crippen molar-refractivity contribution in [1.29, 1.82) is 0 Å². The maximum absolute atomic E-state index is 4.14. The fraction of sp³-hybridized carbons (Fsp3) is 0.500. The second-order valence-electron chi connectivity index (χ2n) is 2.79. The van der Waals surface area contributed by atoms with Gasteiger partial charge in [-0.2, -0.15) is 0 Å². The van der Waals surface area contributed by atoms with Gasteiger partial charge in [0.05, 0.1) is 5.69 Å². The number of nitrogens with one attached hydrogen (secondary N) is 1. The van der Waals surface area contributed by atoms with Crippen LogP contribution < -0.4 is 5.32 Å². The summed E-state index contributed by atoms with van der Waals surface area (Å²) in [4.78, 5) is 8.25. The predicted octanol–water partition coefficient (Wildman–Crippen LogP) is 1.61. The number of aryl methyl sites for hydroxylation is 1. The molecule has 0 amide bonds. The Kier molecular flexibility index (Phi) is 2.41. The Hall–Kier alpha value is -1.12. The zero-order chi connectivity index (χ0) is 8.27. The van der Waals surface area contributed by atoms with E-state index in [1.807, 2.05) is 6.92 Å². The largest absolute Gasteiger partial charge is 0.366 e. The first-order valence-corrected chi connectivity index (χ1v) is 3.74. The SMILES string of the molecule is Cc1nccnc1NC(C)C. The minimum Gasteiger partial charge on any atom is -0.366 e. The van der Waals surface area contributed by atoms with E-state index in [-0.39, 0.29) is 0 Å². The van der Waals surface area contributed by atoms with Crippen LogP contribution in [-0.4, -0.2) is 16.0 Å². The number of aromatic nitrogens is 2. The number of hydrogen-bond acceptors (Lipinski definition) is 3. The summed E-state index contributed by atoms with van der Waals surface area (Å²) in [6.07, 6.45) is 3.39. The molecule has 1 aromatic rings. The molecule has 0 radical (unpaired) electrons. The molecule has 1 heterocycles. The smallest absolute Gasteiger partial charge is 0.147 e. The highest BCUT2D eigenvalue weighted by molar-refractivity contribution is 5.38. The minimum atomic E-state index is 0.408. The van der Waals surface area contributed by atoms with Crippen molar-refractivity contribution >= 4 is 5.82 Å². The van der Waals surface area contributed by atoms with Gasteiger partial charge < -0.3 is 5.32 Å². The first kappa shape index (κ1) is 7.98. The van der Waals surface area contributed by atoms with Crippen LogP contribution in [-0.2, 0) is 0 Å². The topological polar surface area (TPSA) is 37.8 Å². The maximum atomic E-state index is 4.14. The Labute approximate surface area is 66.9 Å². The van der Waals surface area contributed by atoms with Gasteiger partial charge in [0.25, 0.3) is 0 Å². The van der Waals surface area contributed by atoms with Crippen LogP contribution in [0, 0.1) is 6.92 Å². The zero-order valence-electron chi connectivity index (χ0n) is 7.13. The summed E-state index contributed by atoms with van der Waals surface area (Å²) in [6.45, 7) is 6.10. The second-order valence-corrected chi connectivity index (χ2v) is 2.79. The van der Waals surface area contributed by atoms with Crippen molar-refractivity contribution in [3.05, 3.63) is 18.1 Å². The van der Waals surface area contributed by atoms with Crippen molar-refractivity contribution in [3.8, 4) is 0 Å². The summed E-state index contributed by atoms with van der Waals surface area (Å²) in [7, 11) is 0. The summed E-state index contributed by atoms with van der Waals surface area (Å²) in [6, 6.07) is 0.408. The number of rotatable bonds is 2. The summed E-state index contributed by atoms with van der Waals surface area (Å²) in [5.74, 6) is 0.877. The minimum absolute atomic E-state index is 0.408. The van der Waals surface area contributed by atoms with Gasteiger partial charge in [0, 0.05) is 18.4 Å². The molecule has 1 N–H and O–H groups in total. The molecule has 0 saturated carbocycles. The van der Waals surface area contributed by atoms with Gasteiger partial charge >= 0.3 is 0 Å². The van der Waals surface area contributed by atoms with E-state index >= 15 is 0 Å². The highest BCUT2D eigenvalue weighted by Crippen LogP contribution is 2.06. The molecule has 0 saturated heterocycles. The quantitative estimate of drug-likeness (QED) is 0.697. The molecule has 0 fully saturated rings. The van der Waals surface area contributed by atoms with Gasteiger partial charge in [-0.15, -0.1) is 0 Å². The van der Waals surface area contributed by atoms with E-state index in [1.54, 1.807) is 12.4 Å². The van der Waals surface area contributed by atoms with Crippen LogP contribution >= 0.6 is 0 Å². The van der Waals surface area contributed by atoms with E-state index in [0.29, 0.717) is 6.04 Å². The second kappa shape index (κ2) is 3.32. The van der Waals surface area contributed by atoms with Gasteiger partial charge in [0.15, 0.2) is 0 Å². The number of hydrogen-bond donors (Lipinski definition) is 1. The van der Waals surface area contributed by atoms with Crippen molar-refractivity contribution in [2.75, 3.05) is 5.32 Å². The van der Waals surface area contributed by atoms with Crippen LogP contribution in [0.3, 0.4) is 0 Å². The van der Waals surface area contributed by atoms with E-state index in [4.69, 9.17) is 0 Å². The molecule has 0 aromatic carbocycles. The first-order chi connectivity index (χ1) is 5.20. The van der Waals surface area contributed by atoms with Gasteiger partial charge in [0.2, 0.25) is 0 Å². The molecule has 3 heteroatoms. The molecule has 0 bridgehead atoms. The molecular weight excluding hydrogens is 138 g/mol. The molecule has 1 rings (SSSR count). The molecule has 0 aliphatic heterocycles. The molecule has 1 aromatic heterocycles. The van der Waals surface area contributed by atoms with Crippen LogP contribution in [0.15, 0.2) is 12.4 Å². The Morgan fingerprint density at radius 1 is 1.27 bits per heavy atom. The summed E-state index contributed by atoms with van der Waals surface area (Å²) >= 11 is 0. The van der Waals surface area contributed by atoms with E-state index in [2.05, 4.69) is 29.1 Å². The van der Waals surface area contributed by atoms with Crippen LogP contribution in [0.4, 0.5) is 5.82 Å². The Morgan fingerprint density at radius 3 is 2.45 bits per heavy atom. The van der Waals surface area contributed by atoms with E-state index in [0.717, 1.165) is 11.5 Å². The molecule has 0 spiro atoms. The van der Waals surface area contributed by atoms with Gasteiger partial charge in [-0.25, -0.2) is 4.98 Å². The van der Waals surface area contributed by atoms with Gasteiger partial charge in [-0.05, 0) is 20.8 Å². The first-order valence-electron chi connectivity index (χ1n) is 3.74. The third-order valence-corrected chi connectivity index (χ3v) is 1.31. The van der Waals surface area contributed by atoms with Crippen LogP contribution in [0.25, 0.3) is 0 Å². The standard InChI is InChI=1S/C8H13N3/c1-6(2)11-8-7(3)9-4-5-10-8/h4-6H,1-3H3,(H,10,11). The zero-order valence-corrected chi connectivity index (χ0v) is 7.13. The predicted molar refractivity (Wildman–Crippen MR) is 45.5 cm³/mol. The third-order valence-electron chi connectivity index (χ3n) is 1.31. The molecule has 60 valence electrons. The molecule has 3 nitrogen and oxygen atoms in total. The van der Waals surface area contributed by atoms with Gasteiger partial charge in [-0.1, -0.05) is 0 Å². The molecule has 0 aliphatic carbocycles. The van der Waals surface area contributed by atoms with Crippen LogP contribution in [0.5, 0.6) is 0 Å². The Balaban J connectivity index is 2.78. The van der Waals surface area contributed by atoms with Crippen LogP contribution in [0.1, 0.15) is 19.5 Å². The third kappa shape index (κ3) is 2.18. The van der Waals surface area contributed by atoms with Crippen molar-refractivity contribution < 1.29 is 0 Å². The number of nitrogens with zero attached hydrogens (tertiary/aromatic N) is 2. The average Bonchev–Trinajstić information content (AvgIpc) is 1.93. The monoisotopic (exact) mass is 151 g/mol. The van der Waals surface area contributed by atoms with Gasteiger partial charge in [0.1, 0.15) is 5.82 Å². The summed E-state index contributed by atoms with van der Waals surface area (Å²) in [5, 5.41) is 3.20. The lowest BCUT2D eigenvalue weighted by atomic mass is 10.3. The Morgan fingerprint density at radius 2 is 1.91 bits per heavy atom. The van der Waals surface area contributed by atoms with E-state index < -0.39 is 0 Å². The lowest BCUT2D eigenvalue weighted by Gasteiger charge is -2.09. The normalized spacial score (nSPS) is 10.2. The van der Waals surface area contributed by atoms with E-state index in [1.165, 1.54) is 0 Å². The Bertz CT molecular complexity index is 233. The van der Waals surface area contributed by atoms with E-state index in [9.17, 15) is 0 Å². The highest BCUT2D eigenvalue weighted by Gasteiger charge is 1.99. The maximum Gasteiger partial charge on any atom is 0.147 e. The molecule has 0 aliphatic rings. The molecule has 11 heavy (non-hydrogen) atoms. The fourth-order valence-corrected chi connectivity index (χ4v) is 0.823. The summed E-state index contributed by atoms with van der Waals surface area (Å²) in [5.41, 5.74) is 0.946. The lowest BCUT2D eigenvalue weighted by molar-refractivity contribution is 0.879. The number of anilines is 1. The molecule has 0 unspecified atom stereocenters. The molecule has 0 atom stereocenters. The van der Waals surface area contributed by atoms with Crippen molar-refractivity contribution in [1.82, 2.24) is 9.97 Å². The van der Waals surface area contributed by atoms with Crippen molar-refractivity contribution in [3.63, 3.8) is 0 Å². The van der Waals surface area contributed by atoms with Crippen LogP contribution in [0.2, 0.25) is 0 Å². The van der Waals surface area contributed by atoms with Crippen molar-refractivity contribution in [2.24, 2.45) is 0 Å². The highest BCUT2D eigenvalue weighted by atomic mass is 15.0. The fourth-order valence-electron chi connectivity index (χ4n) is 0.823. The van der Waals surface area contributed by atoms with Crippen molar-refractivity contribution in [2.45, 2.75) is 26.8 Å². The summed E-state index contributed by atoms with van der Waals surface area (Å²) < 4.78 is 0. The average molecular weight is 151 g/mol. The lowest BCUT2D eigenvalue weighted by Crippen LogP contribution is -2.12.